The molecule has 0 aliphatic carbocycles. The van der Waals surface area contributed by atoms with Gasteiger partial charge in [0.1, 0.15) is 5.76 Å². The average molecular weight is 341 g/mol. The van der Waals surface area contributed by atoms with Crippen LogP contribution in [0.15, 0.2) is 64.7 Å². The summed E-state index contributed by atoms with van der Waals surface area (Å²) in [5, 5.41) is 0. The fraction of sp³-hybridized carbons (Fsp3) is 0.0556. The Morgan fingerprint density at radius 2 is 1.86 bits per heavy atom. The molecule has 21 heavy (non-hydrogen) atoms. The normalized spacial score (nSPS) is 16.0. The van der Waals surface area contributed by atoms with Crippen molar-refractivity contribution in [3.05, 3.63) is 81.3 Å². The standard InChI is InChI=1S/C18H13BrO2/c1-12-5-7-14(8-6-12)17-11-15(18(20)21-17)9-13-3-2-4-16(19)10-13/h2-11H,1H3/b15-9+. The van der Waals surface area contributed by atoms with Gasteiger partial charge < -0.3 is 4.74 Å². The van der Waals surface area contributed by atoms with E-state index in [9.17, 15) is 4.79 Å². The number of esters is 1. The van der Waals surface area contributed by atoms with Crippen molar-refractivity contribution in [3.63, 3.8) is 0 Å². The Balaban J connectivity index is 1.93. The molecule has 0 N–H and O–H groups in total. The first-order valence-corrected chi connectivity index (χ1v) is 7.39. The van der Waals surface area contributed by atoms with Gasteiger partial charge in [0.2, 0.25) is 0 Å². The topological polar surface area (TPSA) is 26.3 Å². The number of rotatable bonds is 2. The molecule has 3 rings (SSSR count). The lowest BCUT2D eigenvalue weighted by molar-refractivity contribution is -0.130. The second kappa shape index (κ2) is 5.70. The lowest BCUT2D eigenvalue weighted by atomic mass is 10.1. The summed E-state index contributed by atoms with van der Waals surface area (Å²) in [6.07, 6.45) is 3.61. The molecule has 0 saturated heterocycles. The zero-order valence-corrected chi connectivity index (χ0v) is 13.1. The molecule has 1 aliphatic rings. The lowest BCUT2D eigenvalue weighted by Crippen LogP contribution is -1.97. The van der Waals surface area contributed by atoms with Gasteiger partial charge in [-0.1, -0.05) is 57.9 Å². The van der Waals surface area contributed by atoms with Gasteiger partial charge in [-0.05, 0) is 36.8 Å². The second-order valence-electron chi connectivity index (χ2n) is 4.92. The molecule has 0 fully saturated rings. The molecule has 0 bridgehead atoms. The highest BCUT2D eigenvalue weighted by molar-refractivity contribution is 9.10. The molecule has 0 spiro atoms. The van der Waals surface area contributed by atoms with Crippen molar-refractivity contribution < 1.29 is 9.53 Å². The van der Waals surface area contributed by atoms with Crippen LogP contribution in [0.4, 0.5) is 0 Å². The number of hydrogen-bond acceptors (Lipinski definition) is 2. The van der Waals surface area contributed by atoms with Crippen LogP contribution >= 0.6 is 15.9 Å². The molecule has 104 valence electrons. The predicted octanol–water partition coefficient (Wildman–Crippen LogP) is 4.74. The minimum Gasteiger partial charge on any atom is -0.422 e. The first-order valence-electron chi connectivity index (χ1n) is 6.60. The molecular formula is C18H13BrO2. The van der Waals surface area contributed by atoms with Crippen molar-refractivity contribution >= 4 is 33.7 Å². The molecule has 2 nitrogen and oxygen atoms in total. The number of hydrogen-bond donors (Lipinski definition) is 0. The third-order valence-corrected chi connectivity index (χ3v) is 3.73. The number of cyclic esters (lactones) is 1. The lowest BCUT2D eigenvalue weighted by Gasteiger charge is -2.01. The van der Waals surface area contributed by atoms with E-state index in [1.165, 1.54) is 5.56 Å². The maximum absolute atomic E-state index is 12.0. The summed E-state index contributed by atoms with van der Waals surface area (Å²) >= 11 is 3.42. The van der Waals surface area contributed by atoms with E-state index < -0.39 is 0 Å². The summed E-state index contributed by atoms with van der Waals surface area (Å²) in [5.41, 5.74) is 3.60. The Morgan fingerprint density at radius 3 is 2.57 bits per heavy atom. The largest absolute Gasteiger partial charge is 0.422 e. The summed E-state index contributed by atoms with van der Waals surface area (Å²) in [5.74, 6) is 0.284. The Kier molecular flexibility index (Phi) is 3.76. The van der Waals surface area contributed by atoms with Crippen LogP contribution in [0.5, 0.6) is 0 Å². The molecule has 0 unspecified atom stereocenters. The van der Waals surface area contributed by atoms with E-state index in [1.54, 1.807) is 6.08 Å². The number of carbonyl (C=O) groups excluding carboxylic acids is 1. The first-order chi connectivity index (χ1) is 10.1. The van der Waals surface area contributed by atoms with Crippen LogP contribution in [-0.2, 0) is 9.53 Å². The third kappa shape index (κ3) is 3.14. The van der Waals surface area contributed by atoms with E-state index in [1.807, 2.05) is 61.5 Å². The maximum atomic E-state index is 12.0. The van der Waals surface area contributed by atoms with Gasteiger partial charge in [-0.2, -0.15) is 0 Å². The van der Waals surface area contributed by atoms with Crippen LogP contribution in [0.1, 0.15) is 16.7 Å². The maximum Gasteiger partial charge on any atom is 0.343 e. The smallest absolute Gasteiger partial charge is 0.343 e. The van der Waals surface area contributed by atoms with Crippen LogP contribution in [0, 0.1) is 6.92 Å². The van der Waals surface area contributed by atoms with E-state index in [0.717, 1.165) is 15.6 Å². The van der Waals surface area contributed by atoms with Crippen molar-refractivity contribution in [1.82, 2.24) is 0 Å². The summed E-state index contributed by atoms with van der Waals surface area (Å²) in [6.45, 7) is 2.03. The van der Waals surface area contributed by atoms with Gasteiger partial charge in [0.05, 0.1) is 5.57 Å². The fourth-order valence-corrected chi connectivity index (χ4v) is 2.54. The van der Waals surface area contributed by atoms with Gasteiger partial charge in [-0.3, -0.25) is 0 Å². The predicted molar refractivity (Wildman–Crippen MR) is 87.4 cm³/mol. The molecule has 2 aromatic carbocycles. The Morgan fingerprint density at radius 1 is 1.10 bits per heavy atom. The summed E-state index contributed by atoms with van der Waals surface area (Å²) in [7, 11) is 0. The number of halogens is 1. The molecule has 0 aromatic heterocycles. The molecule has 0 amide bonds. The third-order valence-electron chi connectivity index (χ3n) is 3.23. The van der Waals surface area contributed by atoms with E-state index in [-0.39, 0.29) is 5.97 Å². The van der Waals surface area contributed by atoms with Gasteiger partial charge in [0, 0.05) is 10.0 Å². The molecule has 0 saturated carbocycles. The van der Waals surface area contributed by atoms with Gasteiger partial charge in [-0.15, -0.1) is 0 Å². The SMILES string of the molecule is Cc1ccc(C2=C/C(=C\c3cccc(Br)c3)C(=O)O2)cc1. The minimum atomic E-state index is -0.314. The highest BCUT2D eigenvalue weighted by Gasteiger charge is 2.21. The second-order valence-corrected chi connectivity index (χ2v) is 5.83. The van der Waals surface area contributed by atoms with Crippen molar-refractivity contribution in [2.45, 2.75) is 6.92 Å². The molecular weight excluding hydrogens is 328 g/mol. The highest BCUT2D eigenvalue weighted by Crippen LogP contribution is 2.28. The van der Waals surface area contributed by atoms with Crippen molar-refractivity contribution in [2.24, 2.45) is 0 Å². The fourth-order valence-electron chi connectivity index (χ4n) is 2.13. The van der Waals surface area contributed by atoms with E-state index in [4.69, 9.17) is 4.74 Å². The van der Waals surface area contributed by atoms with Crippen LogP contribution in [0.25, 0.3) is 11.8 Å². The van der Waals surface area contributed by atoms with E-state index in [2.05, 4.69) is 15.9 Å². The molecule has 1 aliphatic heterocycles. The van der Waals surface area contributed by atoms with Gasteiger partial charge in [0.15, 0.2) is 0 Å². The summed E-state index contributed by atoms with van der Waals surface area (Å²) in [4.78, 5) is 12.0. The molecule has 0 radical (unpaired) electrons. The molecule has 1 heterocycles. The zero-order chi connectivity index (χ0) is 14.8. The highest BCUT2D eigenvalue weighted by atomic mass is 79.9. The molecule has 0 atom stereocenters. The van der Waals surface area contributed by atoms with Gasteiger partial charge >= 0.3 is 5.97 Å². The molecule has 3 heteroatoms. The number of ether oxygens (including phenoxy) is 1. The zero-order valence-electron chi connectivity index (χ0n) is 11.5. The number of benzene rings is 2. The Hall–Kier alpha value is -2.13. The van der Waals surface area contributed by atoms with Crippen LogP contribution in [0.2, 0.25) is 0 Å². The number of aryl methyl sites for hydroxylation is 1. The van der Waals surface area contributed by atoms with Crippen LogP contribution in [0.3, 0.4) is 0 Å². The minimum absolute atomic E-state index is 0.314. The van der Waals surface area contributed by atoms with E-state index >= 15 is 0 Å². The first kappa shape index (κ1) is 13.8. The number of carbonyl (C=O) groups is 1. The van der Waals surface area contributed by atoms with Crippen molar-refractivity contribution in [2.75, 3.05) is 0 Å². The summed E-state index contributed by atoms with van der Waals surface area (Å²) < 4.78 is 6.32. The quantitative estimate of drug-likeness (QED) is 0.583. The Bertz CT molecular complexity index is 755. The van der Waals surface area contributed by atoms with Gasteiger partial charge in [0.25, 0.3) is 0 Å². The molecule has 2 aromatic rings. The van der Waals surface area contributed by atoms with Crippen LogP contribution < -0.4 is 0 Å². The van der Waals surface area contributed by atoms with E-state index in [0.29, 0.717) is 11.3 Å². The average Bonchev–Trinajstić information content (AvgIpc) is 2.81. The van der Waals surface area contributed by atoms with Gasteiger partial charge in [-0.25, -0.2) is 4.79 Å². The van der Waals surface area contributed by atoms with Crippen LogP contribution in [-0.4, -0.2) is 5.97 Å². The van der Waals surface area contributed by atoms with Crippen molar-refractivity contribution in [3.8, 4) is 0 Å². The monoisotopic (exact) mass is 340 g/mol. The van der Waals surface area contributed by atoms with Crippen molar-refractivity contribution in [1.29, 1.82) is 0 Å². The Labute approximate surface area is 131 Å². The summed E-state index contributed by atoms with van der Waals surface area (Å²) in [6, 6.07) is 15.7.